The highest BCUT2D eigenvalue weighted by atomic mass is 16.5. The summed E-state index contributed by atoms with van der Waals surface area (Å²) < 4.78 is 4.47. The van der Waals surface area contributed by atoms with Crippen LogP contribution >= 0.6 is 0 Å². The fraction of sp³-hybridized carbons (Fsp3) is 0.556. The highest BCUT2D eigenvalue weighted by molar-refractivity contribution is 5.91. The molecule has 0 aromatic heterocycles. The minimum absolute atomic E-state index is 0.0868. The van der Waals surface area contributed by atoms with Gasteiger partial charge in [-0.15, -0.1) is 0 Å². The van der Waals surface area contributed by atoms with E-state index in [0.29, 0.717) is 0 Å². The number of nitrogens with two attached hydrogens (primary N) is 1. The van der Waals surface area contributed by atoms with Gasteiger partial charge in [0.15, 0.2) is 0 Å². The summed E-state index contributed by atoms with van der Waals surface area (Å²) in [5.74, 6) is -0.945. The van der Waals surface area contributed by atoms with Gasteiger partial charge in [0, 0.05) is 13.0 Å². The minimum Gasteiger partial charge on any atom is -0.466 e. The summed E-state index contributed by atoms with van der Waals surface area (Å²) in [4.78, 5) is 22.0. The lowest BCUT2D eigenvalue weighted by Gasteiger charge is -2.20. The second kappa shape index (κ2) is 4.41. The number of methoxy groups -OCH3 is 1. The van der Waals surface area contributed by atoms with Crippen LogP contribution < -0.4 is 11.1 Å². The summed E-state index contributed by atoms with van der Waals surface area (Å²) in [5, 5.41) is 12.2. The van der Waals surface area contributed by atoms with Gasteiger partial charge < -0.3 is 20.9 Å². The summed E-state index contributed by atoms with van der Waals surface area (Å²) in [5.41, 5.74) is 5.73. The molecule has 6 heteroatoms. The Morgan fingerprint density at radius 1 is 1.60 bits per heavy atom. The van der Waals surface area contributed by atoms with E-state index in [-0.39, 0.29) is 11.5 Å². The Hall–Kier alpha value is -1.40. The first-order valence-electron chi connectivity index (χ1n) is 4.48. The lowest BCUT2D eigenvalue weighted by atomic mass is 10.1. The van der Waals surface area contributed by atoms with E-state index in [1.54, 1.807) is 0 Å². The van der Waals surface area contributed by atoms with E-state index < -0.39 is 24.2 Å². The number of amides is 1. The first-order valence-corrected chi connectivity index (χ1v) is 4.48. The molecule has 0 saturated carbocycles. The van der Waals surface area contributed by atoms with Crippen LogP contribution in [0.5, 0.6) is 0 Å². The molecule has 4 N–H and O–H groups in total. The average Bonchev–Trinajstić information content (AvgIpc) is 2.44. The molecule has 15 heavy (non-hydrogen) atoms. The summed E-state index contributed by atoms with van der Waals surface area (Å²) in [7, 11) is 1.22. The highest BCUT2D eigenvalue weighted by Gasteiger charge is 2.38. The first-order chi connectivity index (χ1) is 6.97. The number of esters is 1. The van der Waals surface area contributed by atoms with Gasteiger partial charge in [-0.25, -0.2) is 4.79 Å². The molecule has 1 rings (SSSR count). The van der Waals surface area contributed by atoms with Crippen LogP contribution in [0.25, 0.3) is 0 Å². The molecule has 0 bridgehead atoms. The van der Waals surface area contributed by atoms with Gasteiger partial charge in [0.25, 0.3) is 0 Å². The first kappa shape index (κ1) is 11.7. The lowest BCUT2D eigenvalue weighted by molar-refractivity contribution is -0.137. The smallest absolute Gasteiger partial charge is 0.336 e. The molecule has 0 heterocycles. The Morgan fingerprint density at radius 2 is 2.20 bits per heavy atom. The zero-order valence-electron chi connectivity index (χ0n) is 8.56. The number of carbonyl (C=O) groups is 2. The quantitative estimate of drug-likeness (QED) is 0.475. The van der Waals surface area contributed by atoms with Crippen LogP contribution in [0.3, 0.4) is 0 Å². The number of hydrogen-bond donors (Lipinski definition) is 3. The molecule has 3 atom stereocenters. The maximum Gasteiger partial charge on any atom is 0.336 e. The Balaban J connectivity index is 2.77. The van der Waals surface area contributed by atoms with Crippen LogP contribution in [-0.4, -0.2) is 42.3 Å². The van der Waals surface area contributed by atoms with E-state index >= 15 is 0 Å². The molecule has 1 aliphatic carbocycles. The van der Waals surface area contributed by atoms with Gasteiger partial charge in [-0.2, -0.15) is 0 Å². The van der Waals surface area contributed by atoms with E-state index in [1.165, 1.54) is 20.1 Å². The molecule has 0 saturated heterocycles. The number of rotatable bonds is 2. The number of ether oxygens (including phenoxy) is 1. The van der Waals surface area contributed by atoms with E-state index in [2.05, 4.69) is 10.1 Å². The summed E-state index contributed by atoms with van der Waals surface area (Å²) in [6, 6.07) is -1.26. The van der Waals surface area contributed by atoms with Crippen molar-refractivity contribution in [1.29, 1.82) is 0 Å². The van der Waals surface area contributed by atoms with Crippen molar-refractivity contribution in [2.75, 3.05) is 7.11 Å². The SMILES string of the molecule is COC(=O)C1=C[C@@H](N)[C@@H](NC(C)=O)[C@H]1O. The molecule has 0 aliphatic heterocycles. The Bertz CT molecular complexity index is 313. The predicted molar refractivity (Wildman–Crippen MR) is 51.7 cm³/mol. The summed E-state index contributed by atoms with van der Waals surface area (Å²) in [6.07, 6.45) is 0.285. The number of hydrogen-bond acceptors (Lipinski definition) is 5. The molecule has 0 aromatic rings. The third-order valence-corrected chi connectivity index (χ3v) is 2.24. The molecule has 84 valence electrons. The van der Waals surface area contributed by atoms with Gasteiger partial charge in [0.05, 0.1) is 18.7 Å². The largest absolute Gasteiger partial charge is 0.466 e. The Labute approximate surface area is 87.1 Å². The number of aliphatic hydroxyl groups excluding tert-OH is 1. The molecular weight excluding hydrogens is 200 g/mol. The lowest BCUT2D eigenvalue weighted by Crippen LogP contribution is -2.50. The average molecular weight is 214 g/mol. The van der Waals surface area contributed by atoms with Crippen LogP contribution in [0.15, 0.2) is 11.6 Å². The standard InChI is InChI=1S/C9H14N2O4/c1-4(12)11-7-6(10)3-5(8(7)13)9(14)15-2/h3,6-8,13H,10H2,1-2H3,(H,11,12)/t6-,7-,8+/m1/s1. The third-order valence-electron chi connectivity index (χ3n) is 2.24. The molecule has 6 nitrogen and oxygen atoms in total. The van der Waals surface area contributed by atoms with Gasteiger partial charge in [-0.3, -0.25) is 4.79 Å². The number of carbonyl (C=O) groups excluding carboxylic acids is 2. The van der Waals surface area contributed by atoms with Crippen LogP contribution in [0.4, 0.5) is 0 Å². The monoisotopic (exact) mass is 214 g/mol. The normalized spacial score (nSPS) is 29.6. The second-order valence-electron chi connectivity index (χ2n) is 3.36. The topological polar surface area (TPSA) is 102 Å². The number of aliphatic hydroxyl groups is 1. The van der Waals surface area contributed by atoms with Crippen molar-refractivity contribution < 1.29 is 19.4 Å². The van der Waals surface area contributed by atoms with Crippen molar-refractivity contribution >= 4 is 11.9 Å². The fourth-order valence-electron chi connectivity index (χ4n) is 1.53. The van der Waals surface area contributed by atoms with Gasteiger partial charge in [-0.05, 0) is 0 Å². The van der Waals surface area contributed by atoms with Crippen molar-refractivity contribution in [3.63, 3.8) is 0 Å². The molecule has 0 radical (unpaired) electrons. The fourth-order valence-corrected chi connectivity index (χ4v) is 1.53. The number of nitrogens with one attached hydrogen (secondary N) is 1. The summed E-state index contributed by atoms with van der Waals surface area (Å²) in [6.45, 7) is 1.32. The summed E-state index contributed by atoms with van der Waals surface area (Å²) >= 11 is 0. The maximum atomic E-state index is 11.2. The van der Waals surface area contributed by atoms with Crippen molar-refractivity contribution in [3.05, 3.63) is 11.6 Å². The van der Waals surface area contributed by atoms with Gasteiger partial charge in [-0.1, -0.05) is 6.08 Å². The van der Waals surface area contributed by atoms with Crippen LogP contribution in [0, 0.1) is 0 Å². The predicted octanol–water partition coefficient (Wildman–Crippen LogP) is -1.71. The molecule has 1 aliphatic rings. The van der Waals surface area contributed by atoms with Gasteiger partial charge in [0.1, 0.15) is 6.10 Å². The van der Waals surface area contributed by atoms with Crippen molar-refractivity contribution in [2.45, 2.75) is 25.1 Å². The molecular formula is C9H14N2O4. The maximum absolute atomic E-state index is 11.2. The molecule has 0 unspecified atom stereocenters. The Kier molecular flexibility index (Phi) is 3.43. The minimum atomic E-state index is -1.11. The van der Waals surface area contributed by atoms with Crippen LogP contribution in [0.2, 0.25) is 0 Å². The van der Waals surface area contributed by atoms with E-state index in [0.717, 1.165) is 0 Å². The van der Waals surface area contributed by atoms with Crippen molar-refractivity contribution in [3.8, 4) is 0 Å². The molecule has 0 aromatic carbocycles. The molecule has 0 spiro atoms. The van der Waals surface area contributed by atoms with E-state index in [4.69, 9.17) is 5.73 Å². The zero-order valence-corrected chi connectivity index (χ0v) is 8.56. The second-order valence-corrected chi connectivity index (χ2v) is 3.36. The van der Waals surface area contributed by atoms with Crippen molar-refractivity contribution in [1.82, 2.24) is 5.32 Å². The highest BCUT2D eigenvalue weighted by Crippen LogP contribution is 2.20. The van der Waals surface area contributed by atoms with E-state index in [9.17, 15) is 14.7 Å². The van der Waals surface area contributed by atoms with Crippen LogP contribution in [-0.2, 0) is 14.3 Å². The van der Waals surface area contributed by atoms with Crippen LogP contribution in [0.1, 0.15) is 6.92 Å². The third kappa shape index (κ3) is 2.34. The van der Waals surface area contributed by atoms with Gasteiger partial charge in [0.2, 0.25) is 5.91 Å². The van der Waals surface area contributed by atoms with Crippen molar-refractivity contribution in [2.24, 2.45) is 5.73 Å². The van der Waals surface area contributed by atoms with Gasteiger partial charge >= 0.3 is 5.97 Å². The molecule has 1 amide bonds. The Morgan fingerprint density at radius 3 is 2.67 bits per heavy atom. The zero-order chi connectivity index (χ0) is 11.6. The van der Waals surface area contributed by atoms with E-state index in [1.807, 2.05) is 0 Å². The molecule has 0 fully saturated rings.